The van der Waals surface area contributed by atoms with Crippen LogP contribution in [0.25, 0.3) is 11.1 Å². The minimum Gasteiger partial charge on any atom is -0.507 e. The molecule has 0 amide bonds. The number of aromatic hydroxyl groups is 5. The van der Waals surface area contributed by atoms with E-state index in [4.69, 9.17) is 9.47 Å². The molecule has 0 aliphatic carbocycles. The van der Waals surface area contributed by atoms with E-state index in [-0.39, 0.29) is 113 Å². The second kappa shape index (κ2) is 44.8. The molecule has 0 heterocycles. The van der Waals surface area contributed by atoms with Crippen LogP contribution in [0, 0.1) is 27.7 Å². The van der Waals surface area contributed by atoms with Crippen molar-refractivity contribution < 1.29 is 119 Å². The summed E-state index contributed by atoms with van der Waals surface area (Å²) in [4.78, 5) is 22.1. The summed E-state index contributed by atoms with van der Waals surface area (Å²) in [6.45, 7) is 8.20. The molecule has 513 valence electrons. The summed E-state index contributed by atoms with van der Waals surface area (Å²) in [6, 6.07) is 90.5. The van der Waals surface area contributed by atoms with Gasteiger partial charge in [0.25, 0.3) is 0 Å². The van der Waals surface area contributed by atoms with Gasteiger partial charge in [-0.25, -0.2) is 0 Å². The van der Waals surface area contributed by atoms with E-state index in [0.717, 1.165) is 67.4 Å². The second-order valence-electron chi connectivity index (χ2n) is 21.1. The second-order valence-corrected chi connectivity index (χ2v) is 21.1. The topological polar surface area (TPSA) is 181 Å². The Balaban J connectivity index is 0.000000320. The monoisotopic (exact) mass is 1530 g/mol. The number of phenolic OH excluding ortho intramolecular Hbond substituents is 5. The van der Waals surface area contributed by atoms with Crippen LogP contribution >= 0.6 is 0 Å². The molecule has 0 saturated heterocycles. The van der Waals surface area contributed by atoms with Crippen LogP contribution in [-0.4, -0.2) is 63.7 Å². The Morgan fingerprint density at radius 1 is 0.283 bits per heavy atom. The summed E-state index contributed by atoms with van der Waals surface area (Å²) in [7, 11) is 1.61. The van der Waals surface area contributed by atoms with Crippen molar-refractivity contribution in [2.45, 2.75) is 27.7 Å². The molecule has 0 unspecified atom stereocenters. The van der Waals surface area contributed by atoms with Gasteiger partial charge in [0.2, 0.25) is 0 Å². The van der Waals surface area contributed by atoms with Crippen molar-refractivity contribution in [1.29, 1.82) is 0 Å². The number of benzene rings is 12. The number of para-hydroxylation sites is 12. The molecule has 0 aliphatic heterocycles. The third kappa shape index (κ3) is 26.8. The van der Waals surface area contributed by atoms with Crippen LogP contribution in [0.4, 0.5) is 28.4 Å². The first-order chi connectivity index (χ1) is 45.8. The molecule has 5 radical (unpaired) electrons. The van der Waals surface area contributed by atoms with Crippen molar-refractivity contribution in [1.82, 2.24) is 0 Å². The summed E-state index contributed by atoms with van der Waals surface area (Å²) < 4.78 is 11.0. The zero-order valence-electron chi connectivity index (χ0n) is 54.6. The molecule has 12 rings (SSSR count). The van der Waals surface area contributed by atoms with Crippen molar-refractivity contribution in [3.8, 4) is 57.1 Å². The van der Waals surface area contributed by atoms with Crippen LogP contribution in [0.1, 0.15) is 50.1 Å². The Morgan fingerprint density at radius 3 is 1.00 bits per heavy atom. The molecule has 0 fully saturated rings. The third-order valence-electron chi connectivity index (χ3n) is 14.0. The first-order valence-electron chi connectivity index (χ1n) is 30.2. The van der Waals surface area contributed by atoms with Crippen molar-refractivity contribution in [2.24, 2.45) is 25.0 Å². The predicted octanol–water partition coefficient (Wildman–Crippen LogP) is 20.4. The number of hydrogen-bond acceptors (Lipinski definition) is 12. The summed E-state index contributed by atoms with van der Waals surface area (Å²) in [5.74, 6) is 3.29. The van der Waals surface area contributed by atoms with Crippen molar-refractivity contribution in [2.75, 3.05) is 7.11 Å². The minimum absolute atomic E-state index is 0. The van der Waals surface area contributed by atoms with Gasteiger partial charge in [0.15, 0.2) is 5.75 Å². The zero-order chi connectivity index (χ0) is 66.3. The predicted molar refractivity (Wildman–Crippen MR) is 386 cm³/mol. The number of hydrogen-bond donors (Lipinski definition) is 5. The maximum atomic E-state index is 9.78. The molecule has 12 aromatic rings. The van der Waals surface area contributed by atoms with Gasteiger partial charge in [0.1, 0.15) is 51.6 Å². The maximum Gasteiger partial charge on any atom is 0.153 e. The normalized spacial score (nSPS) is 10.3. The molecular weight excluding hydrogens is 1460 g/mol. The number of phenols is 5. The van der Waals surface area contributed by atoms with E-state index in [1.807, 2.05) is 201 Å². The first kappa shape index (κ1) is 83.4. The number of aliphatic imine (C=N–C) groups is 5. The smallest absolute Gasteiger partial charge is 0.153 e. The van der Waals surface area contributed by atoms with E-state index in [9.17, 15) is 25.5 Å². The summed E-state index contributed by atoms with van der Waals surface area (Å²) >= 11 is 0. The quantitative estimate of drug-likeness (QED) is 0.0672. The average Bonchev–Trinajstić information content (AvgIpc) is 0.966. The van der Waals surface area contributed by atoms with Gasteiger partial charge in [-0.15, -0.1) is 0 Å². The molecular formula is C82H73Co5N5O7. The Kier molecular flexibility index (Phi) is 37.8. The Bertz CT molecular complexity index is 4490. The Morgan fingerprint density at radius 2 is 0.586 bits per heavy atom. The fourth-order valence-corrected chi connectivity index (χ4v) is 9.21. The van der Waals surface area contributed by atoms with E-state index in [2.05, 4.69) is 70.0 Å². The molecule has 12 nitrogen and oxygen atoms in total. The van der Waals surface area contributed by atoms with Gasteiger partial charge in [-0.1, -0.05) is 188 Å². The first-order valence-corrected chi connectivity index (χ1v) is 30.2. The van der Waals surface area contributed by atoms with Crippen molar-refractivity contribution in [3.63, 3.8) is 0 Å². The number of nitrogens with zero attached hydrogens (tertiary/aromatic N) is 5. The molecule has 99 heavy (non-hydrogen) atoms. The van der Waals surface area contributed by atoms with E-state index in [0.29, 0.717) is 33.9 Å². The fourth-order valence-electron chi connectivity index (χ4n) is 9.21. The number of aryl methyl sites for hydroxylation is 4. The van der Waals surface area contributed by atoms with Crippen molar-refractivity contribution in [3.05, 3.63) is 341 Å². The van der Waals surface area contributed by atoms with Crippen LogP contribution in [0.2, 0.25) is 0 Å². The molecule has 0 aliphatic rings. The molecule has 0 spiro atoms. The van der Waals surface area contributed by atoms with Crippen LogP contribution in [-0.2, 0) is 83.9 Å². The van der Waals surface area contributed by atoms with E-state index >= 15 is 0 Å². The molecule has 17 heteroatoms. The molecule has 0 atom stereocenters. The van der Waals surface area contributed by atoms with Gasteiger partial charge in [-0.3, -0.25) is 25.0 Å². The van der Waals surface area contributed by atoms with Crippen LogP contribution < -0.4 is 9.47 Å². The fraction of sp³-hybridized carbons (Fsp3) is 0.0610. The summed E-state index contributed by atoms with van der Waals surface area (Å²) in [5.41, 5.74) is 14.6. The van der Waals surface area contributed by atoms with Gasteiger partial charge in [-0.05, 0) is 159 Å². The van der Waals surface area contributed by atoms with E-state index < -0.39 is 0 Å². The standard InChI is InChI=1S/C19H15NO2.C19H15NO.C16H17NO.C14H13NO2.C14H13NO.5Co/c21-18-12-6-4-8-15(18)14-20-17-11-5-7-13-19(17)22-16-9-2-1-3-10-16;21-19-13-7-4-10-16(19)14-20-18-12-6-5-11-17(18)15-8-2-1-3-9-15;1-11-8-12(2)16(13(3)9-11)17-10-14-6-4-5-7-15(14)18;1-17-14-9-5-3-7-12(14)15-10-11-6-2-4-8-13(11)16;1-11-6-2-4-8-13(11)15-10-12-7-3-5-9-14(12)16;;;;;/h1-14,21H;1-14,21H;4-10,18H,1-3H3;2-10,16H,1H3;2-10,16H,1H3;;;;;. The van der Waals surface area contributed by atoms with Gasteiger partial charge in [-0.2, -0.15) is 0 Å². The van der Waals surface area contributed by atoms with Crippen LogP contribution in [0.5, 0.6) is 46.0 Å². The molecule has 12 aromatic carbocycles. The third-order valence-corrected chi connectivity index (χ3v) is 14.0. The number of ether oxygens (including phenoxy) is 2. The molecule has 0 bridgehead atoms. The van der Waals surface area contributed by atoms with Crippen LogP contribution in [0.3, 0.4) is 0 Å². The van der Waals surface area contributed by atoms with Gasteiger partial charge >= 0.3 is 0 Å². The Hall–Kier alpha value is -9.88. The number of rotatable bonds is 14. The molecule has 0 aromatic heterocycles. The van der Waals surface area contributed by atoms with Crippen molar-refractivity contribution >= 4 is 59.5 Å². The largest absolute Gasteiger partial charge is 0.507 e. The Labute approximate surface area is 631 Å². The summed E-state index contributed by atoms with van der Waals surface area (Å²) in [5, 5.41) is 48.4. The van der Waals surface area contributed by atoms with E-state index in [1.165, 1.54) is 5.56 Å². The van der Waals surface area contributed by atoms with Crippen LogP contribution in [0.15, 0.2) is 316 Å². The SMILES string of the molecule is COc1ccccc1N=Cc1ccccc1O.Cc1cc(C)c(N=Cc2ccccc2O)c(C)c1.Cc1ccccc1N=Cc1ccccc1O.Oc1ccccc1C=Nc1ccccc1-c1ccccc1.Oc1ccccc1C=Nc1ccccc1Oc1ccccc1.[Co].[Co].[Co].[Co].[Co]. The van der Waals surface area contributed by atoms with Gasteiger partial charge in [0, 0.05) is 148 Å². The minimum atomic E-state index is 0. The number of methoxy groups -OCH3 is 1. The zero-order valence-corrected chi connectivity index (χ0v) is 59.8. The van der Waals surface area contributed by atoms with Gasteiger partial charge in [0.05, 0.1) is 24.2 Å². The van der Waals surface area contributed by atoms with E-state index in [1.54, 1.807) is 111 Å². The van der Waals surface area contributed by atoms with Gasteiger partial charge < -0.3 is 35.0 Å². The molecule has 5 N–H and O–H groups in total. The summed E-state index contributed by atoms with van der Waals surface area (Å²) in [6.07, 6.45) is 8.32. The maximum absolute atomic E-state index is 9.78. The average molecular weight is 1540 g/mol. The molecule has 0 saturated carbocycles.